The maximum absolute atomic E-state index is 12.5. The van der Waals surface area contributed by atoms with E-state index in [1.54, 1.807) is 0 Å². The van der Waals surface area contributed by atoms with Crippen LogP contribution in [0.2, 0.25) is 0 Å². The summed E-state index contributed by atoms with van der Waals surface area (Å²) in [4.78, 5) is 22.9. The fourth-order valence-electron chi connectivity index (χ4n) is 4.07. The van der Waals surface area contributed by atoms with Gasteiger partial charge in [-0.05, 0) is 49.4 Å². The highest BCUT2D eigenvalue weighted by atomic mass is 16.1. The highest BCUT2D eigenvalue weighted by Gasteiger charge is 2.43. The minimum atomic E-state index is 0.0715. The minimum absolute atomic E-state index is 0.0715. The standard InChI is InChI=1S/C20H30N2O2/c1-5-6-16-7-13(2)18-8-17(9-19(16)18)20(24)22-11-15(4)14(3)10-21-12-23/h8,12-16,18-19H,7,9-11H2,1-4H3,(H,21,23)(H,22,24). The van der Waals surface area contributed by atoms with Gasteiger partial charge in [0.05, 0.1) is 0 Å². The van der Waals surface area contributed by atoms with E-state index in [4.69, 9.17) is 0 Å². The largest absolute Gasteiger partial charge is 0.358 e. The zero-order chi connectivity index (χ0) is 17.7. The van der Waals surface area contributed by atoms with Crippen LogP contribution in [0.15, 0.2) is 11.6 Å². The Bertz CT molecular complexity index is 558. The number of rotatable bonds is 7. The minimum Gasteiger partial charge on any atom is -0.358 e. The molecule has 6 atom stereocenters. The summed E-state index contributed by atoms with van der Waals surface area (Å²) in [6.45, 7) is 9.64. The van der Waals surface area contributed by atoms with E-state index in [1.807, 2.05) is 6.92 Å². The van der Waals surface area contributed by atoms with Gasteiger partial charge in [0.2, 0.25) is 12.3 Å². The van der Waals surface area contributed by atoms with Crippen LogP contribution < -0.4 is 10.6 Å². The third-order valence-electron chi connectivity index (χ3n) is 5.84. The highest BCUT2D eigenvalue weighted by Crippen LogP contribution is 2.49. The number of nitrogens with one attached hydrogen (secondary N) is 2. The van der Waals surface area contributed by atoms with Gasteiger partial charge < -0.3 is 10.6 Å². The molecular weight excluding hydrogens is 300 g/mol. The molecule has 24 heavy (non-hydrogen) atoms. The Morgan fingerprint density at radius 3 is 2.75 bits per heavy atom. The molecule has 0 saturated heterocycles. The lowest BCUT2D eigenvalue weighted by atomic mass is 9.90. The first-order valence-electron chi connectivity index (χ1n) is 9.06. The monoisotopic (exact) mass is 330 g/mol. The van der Waals surface area contributed by atoms with Crippen LogP contribution >= 0.6 is 0 Å². The quantitative estimate of drug-likeness (QED) is 0.556. The second-order valence-electron chi connectivity index (χ2n) is 7.54. The van der Waals surface area contributed by atoms with E-state index in [2.05, 4.69) is 49.3 Å². The number of carbonyl (C=O) groups is 2. The maximum Gasteiger partial charge on any atom is 0.246 e. The molecule has 0 aromatic rings. The van der Waals surface area contributed by atoms with Gasteiger partial charge >= 0.3 is 0 Å². The molecule has 2 aliphatic rings. The summed E-state index contributed by atoms with van der Waals surface area (Å²) in [7, 11) is 0. The molecule has 2 aliphatic carbocycles. The van der Waals surface area contributed by atoms with Crippen molar-refractivity contribution in [2.45, 2.75) is 40.5 Å². The summed E-state index contributed by atoms with van der Waals surface area (Å²) in [5.41, 5.74) is 0.935. The topological polar surface area (TPSA) is 58.2 Å². The van der Waals surface area contributed by atoms with Crippen LogP contribution in [0.5, 0.6) is 0 Å². The number of hydrogen-bond acceptors (Lipinski definition) is 2. The Morgan fingerprint density at radius 1 is 1.38 bits per heavy atom. The Kier molecular flexibility index (Phi) is 6.48. The van der Waals surface area contributed by atoms with E-state index >= 15 is 0 Å². The molecule has 6 unspecified atom stereocenters. The number of allylic oxidation sites excluding steroid dienone is 1. The zero-order valence-electron chi connectivity index (χ0n) is 15.3. The van der Waals surface area contributed by atoms with Gasteiger partial charge in [0.1, 0.15) is 0 Å². The van der Waals surface area contributed by atoms with Crippen molar-refractivity contribution >= 4 is 12.3 Å². The lowest BCUT2D eigenvalue weighted by molar-refractivity contribution is -0.118. The van der Waals surface area contributed by atoms with Crippen LogP contribution in [0.4, 0.5) is 0 Å². The van der Waals surface area contributed by atoms with Gasteiger partial charge in [-0.25, -0.2) is 0 Å². The number of hydrogen-bond donors (Lipinski definition) is 2. The second kappa shape index (κ2) is 8.37. The third kappa shape index (κ3) is 4.20. The van der Waals surface area contributed by atoms with Crippen molar-refractivity contribution in [1.29, 1.82) is 0 Å². The van der Waals surface area contributed by atoms with Gasteiger partial charge in [-0.15, -0.1) is 5.92 Å². The molecule has 0 bridgehead atoms. The summed E-state index contributed by atoms with van der Waals surface area (Å²) in [6.07, 6.45) is 4.93. The molecule has 0 heterocycles. The van der Waals surface area contributed by atoms with E-state index in [0.717, 1.165) is 24.8 Å². The zero-order valence-corrected chi connectivity index (χ0v) is 15.3. The van der Waals surface area contributed by atoms with Gasteiger partial charge in [-0.1, -0.05) is 32.8 Å². The summed E-state index contributed by atoms with van der Waals surface area (Å²) in [5.74, 6) is 9.18. The average molecular weight is 330 g/mol. The molecule has 0 aliphatic heterocycles. The molecule has 0 spiro atoms. The lowest BCUT2D eigenvalue weighted by Gasteiger charge is -2.20. The second-order valence-corrected chi connectivity index (χ2v) is 7.54. The molecule has 1 fully saturated rings. The van der Waals surface area contributed by atoms with E-state index in [0.29, 0.717) is 48.6 Å². The van der Waals surface area contributed by atoms with Gasteiger partial charge in [0, 0.05) is 24.6 Å². The van der Waals surface area contributed by atoms with Crippen molar-refractivity contribution in [3.05, 3.63) is 11.6 Å². The molecule has 0 radical (unpaired) electrons. The number of carbonyl (C=O) groups excluding carboxylic acids is 2. The van der Waals surface area contributed by atoms with E-state index in [1.165, 1.54) is 0 Å². The molecule has 4 nitrogen and oxygen atoms in total. The Morgan fingerprint density at radius 2 is 2.08 bits per heavy atom. The number of fused-ring (bicyclic) bond motifs is 1. The van der Waals surface area contributed by atoms with Crippen LogP contribution in [-0.4, -0.2) is 25.4 Å². The highest BCUT2D eigenvalue weighted by molar-refractivity contribution is 5.94. The molecule has 2 amide bonds. The smallest absolute Gasteiger partial charge is 0.246 e. The first-order valence-corrected chi connectivity index (χ1v) is 9.06. The molecule has 2 N–H and O–H groups in total. The predicted octanol–water partition coefficient (Wildman–Crippen LogP) is 2.36. The van der Waals surface area contributed by atoms with Crippen molar-refractivity contribution in [1.82, 2.24) is 10.6 Å². The van der Waals surface area contributed by atoms with Crippen LogP contribution in [-0.2, 0) is 9.59 Å². The third-order valence-corrected chi connectivity index (χ3v) is 5.84. The van der Waals surface area contributed by atoms with Crippen molar-refractivity contribution in [2.24, 2.45) is 35.5 Å². The van der Waals surface area contributed by atoms with Crippen molar-refractivity contribution < 1.29 is 9.59 Å². The molecule has 0 aromatic carbocycles. The van der Waals surface area contributed by atoms with Gasteiger partial charge in [0.25, 0.3) is 0 Å². The maximum atomic E-state index is 12.5. The predicted molar refractivity (Wildman–Crippen MR) is 95.8 cm³/mol. The summed E-state index contributed by atoms with van der Waals surface area (Å²) >= 11 is 0. The van der Waals surface area contributed by atoms with E-state index < -0.39 is 0 Å². The molecule has 0 aromatic heterocycles. The van der Waals surface area contributed by atoms with Gasteiger partial charge in [-0.2, -0.15) is 0 Å². The summed E-state index contributed by atoms with van der Waals surface area (Å²) in [5, 5.41) is 5.78. The molecule has 1 saturated carbocycles. The SMILES string of the molecule is CC#CC1CC(C)C2C=C(C(=O)NCC(C)C(C)CNC=O)CC12. The first-order chi connectivity index (χ1) is 11.5. The lowest BCUT2D eigenvalue weighted by Crippen LogP contribution is -2.34. The van der Waals surface area contributed by atoms with Crippen LogP contribution in [0.1, 0.15) is 40.5 Å². The molecule has 2 rings (SSSR count). The first kappa shape index (κ1) is 18.6. The molecule has 132 valence electrons. The van der Waals surface area contributed by atoms with Crippen LogP contribution in [0, 0.1) is 47.3 Å². The summed E-state index contributed by atoms with van der Waals surface area (Å²) < 4.78 is 0. The number of amides is 2. The van der Waals surface area contributed by atoms with Crippen LogP contribution in [0.25, 0.3) is 0 Å². The van der Waals surface area contributed by atoms with Gasteiger partial charge in [-0.3, -0.25) is 9.59 Å². The van der Waals surface area contributed by atoms with E-state index in [9.17, 15) is 9.59 Å². The molecular formula is C20H30N2O2. The Labute approximate surface area is 145 Å². The summed E-state index contributed by atoms with van der Waals surface area (Å²) in [6, 6.07) is 0. The van der Waals surface area contributed by atoms with E-state index in [-0.39, 0.29) is 5.91 Å². The Hall–Kier alpha value is -1.76. The van der Waals surface area contributed by atoms with Crippen LogP contribution in [0.3, 0.4) is 0 Å². The Balaban J connectivity index is 1.86. The van der Waals surface area contributed by atoms with Crippen molar-refractivity contribution in [2.75, 3.05) is 13.1 Å². The van der Waals surface area contributed by atoms with Gasteiger partial charge in [0.15, 0.2) is 0 Å². The normalized spacial score (nSPS) is 30.4. The average Bonchev–Trinajstić information content (AvgIpc) is 3.12. The molecule has 4 heteroatoms. The fourth-order valence-corrected chi connectivity index (χ4v) is 4.07. The van der Waals surface area contributed by atoms with Crippen molar-refractivity contribution in [3.63, 3.8) is 0 Å². The fraction of sp³-hybridized carbons (Fsp3) is 0.700. The van der Waals surface area contributed by atoms with Crippen molar-refractivity contribution in [3.8, 4) is 11.8 Å².